The topological polar surface area (TPSA) is 87.0 Å². The van der Waals surface area contributed by atoms with E-state index < -0.39 is 11.7 Å². The molecule has 1 heterocycles. The van der Waals surface area contributed by atoms with Crippen molar-refractivity contribution in [1.29, 1.82) is 0 Å². The quantitative estimate of drug-likeness (QED) is 0.820. The fraction of sp³-hybridized carbons (Fsp3) is 0.182. The second-order valence-corrected chi connectivity index (χ2v) is 3.54. The molecule has 0 aliphatic rings. The van der Waals surface area contributed by atoms with Crippen LogP contribution in [0.1, 0.15) is 0 Å². The highest BCUT2D eigenvalue weighted by molar-refractivity contribution is 5.94. The van der Waals surface area contributed by atoms with E-state index in [0.717, 1.165) is 0 Å². The van der Waals surface area contributed by atoms with Gasteiger partial charge in [-0.15, -0.1) is 10.2 Å². The number of methoxy groups -OCH3 is 1. The first kappa shape index (κ1) is 12.2. The summed E-state index contributed by atoms with van der Waals surface area (Å²) in [5, 5.41) is 16.9. The number of ether oxygens (including phenoxy) is 1. The van der Waals surface area contributed by atoms with Gasteiger partial charge in [0, 0.05) is 12.5 Å². The Morgan fingerprint density at radius 2 is 2.33 bits per heavy atom. The standard InChI is InChI=1S/C11H10FN3O3/c1-18-5-9(16)14-15-10-7-4-6(12)2-3-8(7)13-11(10)17/h2-4,13,17H,5H2,1H3. The number of hydrogen-bond donors (Lipinski definition) is 2. The number of aromatic hydroxyl groups is 1. The molecule has 0 aliphatic carbocycles. The molecule has 0 saturated heterocycles. The highest BCUT2D eigenvalue weighted by atomic mass is 19.1. The summed E-state index contributed by atoms with van der Waals surface area (Å²) >= 11 is 0. The van der Waals surface area contributed by atoms with Crippen LogP contribution in [0.4, 0.5) is 10.1 Å². The summed E-state index contributed by atoms with van der Waals surface area (Å²) in [5.41, 5.74) is 0.524. The van der Waals surface area contributed by atoms with Crippen LogP contribution < -0.4 is 0 Å². The fourth-order valence-electron chi connectivity index (χ4n) is 1.50. The van der Waals surface area contributed by atoms with Gasteiger partial charge in [0.15, 0.2) is 5.69 Å². The van der Waals surface area contributed by atoms with Gasteiger partial charge in [0.2, 0.25) is 5.88 Å². The first-order valence-corrected chi connectivity index (χ1v) is 5.05. The van der Waals surface area contributed by atoms with Gasteiger partial charge < -0.3 is 14.8 Å². The summed E-state index contributed by atoms with van der Waals surface area (Å²) in [6.07, 6.45) is 0. The Hall–Kier alpha value is -2.28. The number of aromatic nitrogens is 1. The average molecular weight is 251 g/mol. The van der Waals surface area contributed by atoms with Gasteiger partial charge in [0.25, 0.3) is 5.91 Å². The Labute approximate surface area is 101 Å². The number of carbonyl (C=O) groups is 1. The van der Waals surface area contributed by atoms with E-state index in [4.69, 9.17) is 0 Å². The van der Waals surface area contributed by atoms with Gasteiger partial charge in [-0.05, 0) is 18.2 Å². The molecular weight excluding hydrogens is 241 g/mol. The van der Waals surface area contributed by atoms with Crippen LogP contribution in [0.2, 0.25) is 0 Å². The van der Waals surface area contributed by atoms with Crippen molar-refractivity contribution >= 4 is 22.5 Å². The Morgan fingerprint density at radius 1 is 1.56 bits per heavy atom. The second kappa shape index (κ2) is 4.92. The van der Waals surface area contributed by atoms with Crippen molar-refractivity contribution in [2.45, 2.75) is 0 Å². The summed E-state index contributed by atoms with van der Waals surface area (Å²) in [7, 11) is 1.35. The summed E-state index contributed by atoms with van der Waals surface area (Å²) in [4.78, 5) is 13.7. The van der Waals surface area contributed by atoms with Crippen molar-refractivity contribution in [2.24, 2.45) is 10.2 Å². The molecule has 2 N–H and O–H groups in total. The third-order valence-corrected chi connectivity index (χ3v) is 2.24. The van der Waals surface area contributed by atoms with Gasteiger partial charge in [-0.2, -0.15) is 0 Å². The fourth-order valence-corrected chi connectivity index (χ4v) is 1.50. The van der Waals surface area contributed by atoms with Crippen LogP contribution in [-0.4, -0.2) is 29.7 Å². The van der Waals surface area contributed by atoms with E-state index in [1.54, 1.807) is 0 Å². The van der Waals surface area contributed by atoms with E-state index in [1.165, 1.54) is 25.3 Å². The first-order chi connectivity index (χ1) is 8.61. The number of rotatable bonds is 3. The predicted octanol–water partition coefficient (Wildman–Crippen LogP) is 2.27. The number of aromatic amines is 1. The zero-order valence-electron chi connectivity index (χ0n) is 9.48. The van der Waals surface area contributed by atoms with E-state index in [1.807, 2.05) is 0 Å². The number of benzene rings is 1. The SMILES string of the molecule is COCC(=O)N=Nc1c(O)[nH]c2ccc(F)cc12. The van der Waals surface area contributed by atoms with Gasteiger partial charge in [-0.3, -0.25) is 4.79 Å². The number of nitrogens with one attached hydrogen (secondary N) is 1. The minimum atomic E-state index is -0.595. The van der Waals surface area contributed by atoms with Crippen LogP contribution in [0.5, 0.6) is 5.88 Å². The van der Waals surface area contributed by atoms with Gasteiger partial charge in [-0.1, -0.05) is 0 Å². The van der Waals surface area contributed by atoms with Crippen LogP contribution >= 0.6 is 0 Å². The molecule has 0 aliphatic heterocycles. The third kappa shape index (κ3) is 2.35. The van der Waals surface area contributed by atoms with Crippen LogP contribution in [0.3, 0.4) is 0 Å². The van der Waals surface area contributed by atoms with Gasteiger partial charge in [0.1, 0.15) is 12.4 Å². The number of nitrogens with zero attached hydrogens (tertiary/aromatic N) is 2. The third-order valence-electron chi connectivity index (χ3n) is 2.24. The van der Waals surface area contributed by atoms with Gasteiger partial charge in [-0.25, -0.2) is 4.39 Å². The van der Waals surface area contributed by atoms with Crippen molar-refractivity contribution in [3.63, 3.8) is 0 Å². The Morgan fingerprint density at radius 3 is 3.06 bits per heavy atom. The number of azo groups is 1. The molecule has 0 fully saturated rings. The molecule has 18 heavy (non-hydrogen) atoms. The zero-order chi connectivity index (χ0) is 13.1. The van der Waals surface area contributed by atoms with Crippen molar-refractivity contribution in [2.75, 3.05) is 13.7 Å². The molecule has 0 unspecified atom stereocenters. The largest absolute Gasteiger partial charge is 0.493 e. The number of H-pyrrole nitrogens is 1. The highest BCUT2D eigenvalue weighted by Crippen LogP contribution is 2.35. The molecule has 0 atom stereocenters. The van der Waals surface area contributed by atoms with Crippen molar-refractivity contribution < 1.29 is 19.0 Å². The summed E-state index contributed by atoms with van der Waals surface area (Å²) in [6.45, 7) is -0.207. The van der Waals surface area contributed by atoms with Crippen molar-refractivity contribution in [1.82, 2.24) is 4.98 Å². The smallest absolute Gasteiger partial charge is 0.290 e. The minimum absolute atomic E-state index is 0.0222. The van der Waals surface area contributed by atoms with Crippen molar-refractivity contribution in [3.05, 3.63) is 24.0 Å². The Bertz CT molecular complexity index is 621. The van der Waals surface area contributed by atoms with Crippen LogP contribution in [-0.2, 0) is 9.53 Å². The second-order valence-electron chi connectivity index (χ2n) is 3.54. The number of halogens is 1. The predicted molar refractivity (Wildman–Crippen MR) is 61.3 cm³/mol. The lowest BCUT2D eigenvalue weighted by molar-refractivity contribution is -0.121. The normalized spacial score (nSPS) is 11.4. The number of fused-ring (bicyclic) bond motifs is 1. The average Bonchev–Trinajstić information content (AvgIpc) is 2.62. The molecule has 6 nitrogen and oxygen atoms in total. The van der Waals surface area contributed by atoms with E-state index in [9.17, 15) is 14.3 Å². The van der Waals surface area contributed by atoms with E-state index in [0.29, 0.717) is 10.9 Å². The molecule has 94 valence electrons. The first-order valence-electron chi connectivity index (χ1n) is 5.05. The molecule has 1 aromatic carbocycles. The van der Waals surface area contributed by atoms with E-state index in [-0.39, 0.29) is 18.2 Å². The van der Waals surface area contributed by atoms with Crippen LogP contribution in [0.25, 0.3) is 10.9 Å². The molecule has 2 aromatic rings. The molecule has 0 radical (unpaired) electrons. The lowest BCUT2D eigenvalue weighted by atomic mass is 10.2. The number of carbonyl (C=O) groups excluding carboxylic acids is 1. The summed E-state index contributed by atoms with van der Waals surface area (Å²) < 4.78 is 17.7. The monoisotopic (exact) mass is 251 g/mol. The molecule has 1 aromatic heterocycles. The summed E-state index contributed by atoms with van der Waals surface area (Å²) in [6, 6.07) is 3.90. The van der Waals surface area contributed by atoms with Crippen LogP contribution in [0, 0.1) is 5.82 Å². The summed E-state index contributed by atoms with van der Waals surface area (Å²) in [5.74, 6) is -1.34. The maximum atomic E-state index is 13.1. The van der Waals surface area contributed by atoms with Crippen molar-refractivity contribution in [3.8, 4) is 5.88 Å². The number of hydrogen-bond acceptors (Lipinski definition) is 4. The maximum Gasteiger partial charge on any atom is 0.290 e. The lowest BCUT2D eigenvalue weighted by Gasteiger charge is -1.92. The highest BCUT2D eigenvalue weighted by Gasteiger charge is 2.11. The molecule has 0 saturated carbocycles. The number of amides is 1. The van der Waals surface area contributed by atoms with E-state index >= 15 is 0 Å². The molecule has 0 bridgehead atoms. The molecule has 0 spiro atoms. The van der Waals surface area contributed by atoms with Gasteiger partial charge >= 0.3 is 0 Å². The molecule has 1 amide bonds. The molecular formula is C11H10FN3O3. The lowest BCUT2D eigenvalue weighted by Crippen LogP contribution is -2.01. The minimum Gasteiger partial charge on any atom is -0.493 e. The zero-order valence-corrected chi connectivity index (χ0v) is 9.48. The maximum absolute atomic E-state index is 13.1. The Kier molecular flexibility index (Phi) is 3.33. The van der Waals surface area contributed by atoms with E-state index in [2.05, 4.69) is 19.9 Å². The molecule has 7 heteroatoms. The Balaban J connectivity index is 2.41. The molecule has 2 rings (SSSR count). The van der Waals surface area contributed by atoms with Gasteiger partial charge in [0.05, 0.1) is 5.52 Å². The van der Waals surface area contributed by atoms with Crippen LogP contribution in [0.15, 0.2) is 28.4 Å².